The molecule has 0 aliphatic carbocycles. The van der Waals surface area contributed by atoms with Crippen LogP contribution in [0.5, 0.6) is 0 Å². The van der Waals surface area contributed by atoms with E-state index in [-0.39, 0.29) is 19.2 Å². The van der Waals surface area contributed by atoms with Crippen LogP contribution in [-0.4, -0.2) is 74.1 Å². The molecule has 0 aromatic rings. The third kappa shape index (κ3) is 30.3. The monoisotopic (exact) mass is 586 g/mol. The maximum Gasteiger partial charge on any atom is 0.472 e. The predicted octanol–water partition coefficient (Wildman–Crippen LogP) is 7.55. The van der Waals surface area contributed by atoms with E-state index in [1.165, 1.54) is 103 Å². The van der Waals surface area contributed by atoms with Crippen molar-refractivity contribution in [3.63, 3.8) is 0 Å². The van der Waals surface area contributed by atoms with Gasteiger partial charge in [-0.2, -0.15) is 0 Å². The van der Waals surface area contributed by atoms with Crippen LogP contribution in [0.2, 0.25) is 0 Å². The van der Waals surface area contributed by atoms with E-state index in [2.05, 4.69) is 6.92 Å². The average Bonchev–Trinajstić information content (AvgIpc) is 2.86. The zero-order chi connectivity index (χ0) is 29.2. The largest absolute Gasteiger partial charge is 0.472 e. The lowest BCUT2D eigenvalue weighted by Crippen LogP contribution is -2.37. The number of likely N-dealkylation sites (N-methyl/N-ethyl adjacent to an activating group) is 1. The molecule has 234 valence electrons. The van der Waals surface area contributed by atoms with Crippen LogP contribution in [0.15, 0.2) is 0 Å². The summed E-state index contributed by atoms with van der Waals surface area (Å²) < 4.78 is 27.1. The van der Waals surface area contributed by atoms with E-state index in [9.17, 15) is 19.4 Å². The Hall–Kier alpha value is -0.500. The topological polar surface area (TPSA) is 102 Å². The third-order valence-electron chi connectivity index (χ3n) is 6.87. The van der Waals surface area contributed by atoms with E-state index in [4.69, 9.17) is 13.8 Å². The molecule has 0 aliphatic heterocycles. The molecule has 0 heterocycles. The lowest BCUT2D eigenvalue weighted by atomic mass is 10.0. The molecule has 0 spiro atoms. The van der Waals surface area contributed by atoms with Gasteiger partial charge in [0.15, 0.2) is 0 Å². The molecule has 2 atom stereocenters. The fraction of sp³-hybridized carbons (Fsp3) is 0.967. The van der Waals surface area contributed by atoms with Gasteiger partial charge in [-0.25, -0.2) is 4.57 Å². The Bertz CT molecular complexity index is 613. The number of unbranched alkanes of at least 4 members (excludes halogenated alkanes) is 18. The van der Waals surface area contributed by atoms with Gasteiger partial charge >= 0.3 is 13.8 Å². The zero-order valence-corrected chi connectivity index (χ0v) is 26.8. The second-order valence-corrected chi connectivity index (χ2v) is 13.5. The second kappa shape index (κ2) is 25.2. The number of ether oxygens (including phenoxy) is 1. The van der Waals surface area contributed by atoms with Gasteiger partial charge in [-0.1, -0.05) is 122 Å². The number of aliphatic hydroxyl groups is 1. The summed E-state index contributed by atoms with van der Waals surface area (Å²) >= 11 is 0. The number of aliphatic hydroxyl groups excluding tert-OH is 1. The summed E-state index contributed by atoms with van der Waals surface area (Å²) in [6, 6.07) is 0. The summed E-state index contributed by atoms with van der Waals surface area (Å²) in [6.07, 6.45) is 24.0. The molecule has 9 heteroatoms. The van der Waals surface area contributed by atoms with E-state index in [1.807, 2.05) is 21.1 Å². The van der Waals surface area contributed by atoms with Crippen molar-refractivity contribution in [3.05, 3.63) is 0 Å². The summed E-state index contributed by atoms with van der Waals surface area (Å²) in [5.41, 5.74) is 0. The molecule has 0 saturated carbocycles. The molecule has 0 bridgehead atoms. The molecule has 1 unspecified atom stereocenters. The van der Waals surface area contributed by atoms with E-state index in [0.717, 1.165) is 19.3 Å². The van der Waals surface area contributed by atoms with Crippen molar-refractivity contribution in [2.75, 3.05) is 47.5 Å². The van der Waals surface area contributed by atoms with Gasteiger partial charge in [0, 0.05) is 6.42 Å². The van der Waals surface area contributed by atoms with Crippen LogP contribution >= 0.6 is 7.82 Å². The Kier molecular flexibility index (Phi) is 24.9. The van der Waals surface area contributed by atoms with Gasteiger partial charge in [0.1, 0.15) is 25.9 Å². The molecule has 0 amide bonds. The average molecular weight is 587 g/mol. The van der Waals surface area contributed by atoms with E-state index < -0.39 is 20.5 Å². The number of phosphoric acid groups is 1. The fourth-order valence-corrected chi connectivity index (χ4v) is 5.05. The molecule has 39 heavy (non-hydrogen) atoms. The Labute approximate surface area is 240 Å². The second-order valence-electron chi connectivity index (χ2n) is 12.1. The van der Waals surface area contributed by atoms with Crippen LogP contribution in [0.4, 0.5) is 0 Å². The fourth-order valence-electron chi connectivity index (χ4n) is 4.30. The van der Waals surface area contributed by atoms with Crippen molar-refractivity contribution in [1.82, 2.24) is 0 Å². The molecule has 0 aromatic carbocycles. The molecule has 0 radical (unpaired) electrons. The quantitative estimate of drug-likeness (QED) is 0.0307. The molecular formula is C30H63NO7P+. The highest BCUT2D eigenvalue weighted by molar-refractivity contribution is 7.47. The standard InChI is InChI=1S/C30H62NO7P/c1-5-6-7-8-9-10-11-12-13-14-15-16-17-18-19-20-21-22-23-24-30(33)36-27-29(32)28-38-39(34,35)37-26-25-31(2,3)4/h29,32H,5-28H2,1-4H3/p+1/t29-/m1/s1/i20+1,21+1,22+1,23+1,24+1,30+1. The Morgan fingerprint density at radius 2 is 1.10 bits per heavy atom. The van der Waals surface area contributed by atoms with E-state index in [1.54, 1.807) is 0 Å². The normalized spacial score (nSPS) is 14.3. The SMILES string of the molecule is CCCCCCCCCCCCCCCC[13CH2][13CH2][13CH2][13CH2][13CH2][13C](=O)OC[C@@H](O)COP(=O)(O)OCC[N+](C)(C)C. The van der Waals surface area contributed by atoms with Gasteiger partial charge in [-0.3, -0.25) is 13.8 Å². The number of rotatable bonds is 29. The molecule has 2 N–H and O–H groups in total. The van der Waals surface area contributed by atoms with Gasteiger partial charge in [0.25, 0.3) is 0 Å². The first-order valence-electron chi connectivity index (χ1n) is 15.8. The number of quaternary nitrogens is 1. The van der Waals surface area contributed by atoms with Crippen LogP contribution in [0.3, 0.4) is 0 Å². The van der Waals surface area contributed by atoms with Crippen molar-refractivity contribution in [2.45, 2.75) is 141 Å². The maximum absolute atomic E-state index is 11.9. The highest BCUT2D eigenvalue weighted by atomic mass is 31.2. The van der Waals surface area contributed by atoms with E-state index >= 15 is 0 Å². The Balaban J connectivity index is 3.45. The molecule has 0 saturated heterocycles. The minimum absolute atomic E-state index is 0.0573. The number of carbonyl (C=O) groups is 1. The summed E-state index contributed by atoms with van der Waals surface area (Å²) in [6.45, 7) is 2.16. The Morgan fingerprint density at radius 3 is 1.51 bits per heavy atom. The summed E-state index contributed by atoms with van der Waals surface area (Å²) in [7, 11) is 1.57. The highest BCUT2D eigenvalue weighted by Crippen LogP contribution is 2.43. The van der Waals surface area contributed by atoms with Gasteiger partial charge in [-0.05, 0) is 6.42 Å². The first kappa shape index (κ1) is 38.5. The van der Waals surface area contributed by atoms with Gasteiger partial charge in [0.05, 0.1) is 27.7 Å². The van der Waals surface area contributed by atoms with Crippen LogP contribution in [0.25, 0.3) is 0 Å². The van der Waals surface area contributed by atoms with Crippen molar-refractivity contribution >= 4 is 13.8 Å². The molecule has 0 fully saturated rings. The minimum Gasteiger partial charge on any atom is -0.463 e. The number of carbonyl (C=O) groups excluding carboxylic acids is 1. The molecule has 8 nitrogen and oxygen atoms in total. The van der Waals surface area contributed by atoms with Crippen molar-refractivity contribution in [3.8, 4) is 0 Å². The minimum atomic E-state index is -4.24. The number of esters is 1. The maximum atomic E-state index is 11.9. The highest BCUT2D eigenvalue weighted by Gasteiger charge is 2.24. The molecule has 0 aliphatic rings. The van der Waals surface area contributed by atoms with Crippen molar-refractivity contribution < 1.29 is 37.6 Å². The van der Waals surface area contributed by atoms with Crippen LogP contribution in [0, 0.1) is 0 Å². The Morgan fingerprint density at radius 1 is 0.692 bits per heavy atom. The van der Waals surface area contributed by atoms with E-state index in [0.29, 0.717) is 17.4 Å². The summed E-state index contributed by atoms with van der Waals surface area (Å²) in [5.74, 6) is -0.368. The summed E-state index contributed by atoms with van der Waals surface area (Å²) in [4.78, 5) is 21.5. The first-order chi connectivity index (χ1) is 18.6. The lowest BCUT2D eigenvalue weighted by Gasteiger charge is -2.24. The predicted molar refractivity (Wildman–Crippen MR) is 160 cm³/mol. The van der Waals surface area contributed by atoms with Crippen LogP contribution in [0.1, 0.15) is 135 Å². The first-order valence-corrected chi connectivity index (χ1v) is 17.3. The molecule has 0 aromatic heterocycles. The van der Waals surface area contributed by atoms with Gasteiger partial charge in [0.2, 0.25) is 0 Å². The third-order valence-corrected chi connectivity index (χ3v) is 7.85. The van der Waals surface area contributed by atoms with Gasteiger partial charge in [-0.15, -0.1) is 0 Å². The smallest absolute Gasteiger partial charge is 0.463 e. The zero-order valence-electron chi connectivity index (χ0n) is 25.9. The molecule has 0 rings (SSSR count). The summed E-state index contributed by atoms with van der Waals surface area (Å²) in [5, 5.41) is 9.86. The number of hydrogen-bond donors (Lipinski definition) is 2. The lowest BCUT2D eigenvalue weighted by molar-refractivity contribution is -0.870. The molecular weight excluding hydrogens is 523 g/mol. The van der Waals surface area contributed by atoms with Crippen LogP contribution < -0.4 is 0 Å². The van der Waals surface area contributed by atoms with Crippen molar-refractivity contribution in [1.29, 1.82) is 0 Å². The number of phosphoric ester groups is 1. The van der Waals surface area contributed by atoms with Gasteiger partial charge < -0.3 is 19.2 Å². The van der Waals surface area contributed by atoms with Crippen molar-refractivity contribution in [2.24, 2.45) is 0 Å². The number of nitrogens with zero attached hydrogens (tertiary/aromatic N) is 1. The number of hydrogen-bond acceptors (Lipinski definition) is 6. The van der Waals surface area contributed by atoms with Crippen LogP contribution in [-0.2, 0) is 23.1 Å².